The molecule has 6 heteroatoms. The molecule has 124 valence electrons. The van der Waals surface area contributed by atoms with Gasteiger partial charge in [0.2, 0.25) is 0 Å². The first-order valence-corrected chi connectivity index (χ1v) is 7.51. The largest absolute Gasteiger partial charge is 0.493 e. The normalized spacial score (nSPS) is 13.7. The molecule has 1 amide bonds. The first-order chi connectivity index (χ1) is 11.1. The van der Waals surface area contributed by atoms with E-state index in [1.54, 1.807) is 6.07 Å². The van der Waals surface area contributed by atoms with E-state index < -0.39 is 5.97 Å². The van der Waals surface area contributed by atoms with Gasteiger partial charge in [0, 0.05) is 6.04 Å². The highest BCUT2D eigenvalue weighted by atomic mass is 16.6. The fourth-order valence-electron chi connectivity index (χ4n) is 1.92. The molecule has 0 aliphatic heterocycles. The van der Waals surface area contributed by atoms with Crippen LogP contribution in [0.4, 0.5) is 0 Å². The number of amides is 1. The van der Waals surface area contributed by atoms with Gasteiger partial charge in [-0.3, -0.25) is 4.79 Å². The summed E-state index contributed by atoms with van der Waals surface area (Å²) >= 11 is 0. The topological polar surface area (TPSA) is 73.9 Å². The summed E-state index contributed by atoms with van der Waals surface area (Å²) in [5.41, 5.74) is 0.969. The van der Waals surface area contributed by atoms with E-state index in [1.807, 2.05) is 31.2 Å². The molecule has 0 spiro atoms. The lowest BCUT2D eigenvalue weighted by Crippen LogP contribution is -2.31. The zero-order chi connectivity index (χ0) is 16.7. The zero-order valence-corrected chi connectivity index (χ0v) is 13.3. The second-order valence-electron chi connectivity index (χ2n) is 5.20. The van der Waals surface area contributed by atoms with Crippen LogP contribution in [0.15, 0.2) is 24.3 Å². The van der Waals surface area contributed by atoms with Crippen LogP contribution in [0, 0.1) is 0 Å². The molecule has 2 rings (SSSR count). The maximum Gasteiger partial charge on any atom is 0.344 e. The molecule has 0 aromatic heterocycles. The lowest BCUT2D eigenvalue weighted by Gasteiger charge is -2.11. The fraction of sp³-hybridized carbons (Fsp3) is 0.412. The molecule has 1 aromatic rings. The van der Waals surface area contributed by atoms with Gasteiger partial charge in [-0.05, 0) is 37.5 Å². The van der Waals surface area contributed by atoms with Crippen molar-refractivity contribution >= 4 is 18.0 Å². The van der Waals surface area contributed by atoms with E-state index in [-0.39, 0.29) is 25.2 Å². The van der Waals surface area contributed by atoms with Crippen molar-refractivity contribution in [2.45, 2.75) is 25.8 Å². The third-order valence-corrected chi connectivity index (χ3v) is 3.20. The molecule has 1 aromatic carbocycles. The van der Waals surface area contributed by atoms with Crippen molar-refractivity contribution in [3.05, 3.63) is 29.8 Å². The van der Waals surface area contributed by atoms with Crippen LogP contribution >= 0.6 is 0 Å². The minimum atomic E-state index is -0.601. The summed E-state index contributed by atoms with van der Waals surface area (Å²) < 4.78 is 15.5. The molecule has 1 fully saturated rings. The monoisotopic (exact) mass is 319 g/mol. The lowest BCUT2D eigenvalue weighted by molar-refractivity contribution is -0.150. The van der Waals surface area contributed by atoms with Crippen LogP contribution in [0.3, 0.4) is 0 Å². The second-order valence-corrected chi connectivity index (χ2v) is 5.20. The molecule has 1 saturated carbocycles. The molecule has 0 atom stereocenters. The van der Waals surface area contributed by atoms with Gasteiger partial charge < -0.3 is 19.5 Å². The molecule has 1 N–H and O–H groups in total. The third kappa shape index (κ3) is 5.65. The smallest absolute Gasteiger partial charge is 0.344 e. The van der Waals surface area contributed by atoms with E-state index in [4.69, 9.17) is 14.2 Å². The number of hydrogen-bond donors (Lipinski definition) is 1. The van der Waals surface area contributed by atoms with Crippen LogP contribution in [0.25, 0.3) is 6.08 Å². The Morgan fingerprint density at radius 3 is 2.70 bits per heavy atom. The number of nitrogens with one attached hydrogen (secondary N) is 1. The van der Waals surface area contributed by atoms with Crippen LogP contribution in [0.5, 0.6) is 11.5 Å². The van der Waals surface area contributed by atoms with Crippen molar-refractivity contribution in [3.8, 4) is 11.5 Å². The Labute approximate surface area is 135 Å². The first-order valence-electron chi connectivity index (χ1n) is 7.51. The quantitative estimate of drug-likeness (QED) is 0.741. The number of ether oxygens (including phenoxy) is 3. The van der Waals surface area contributed by atoms with Gasteiger partial charge in [-0.1, -0.05) is 18.2 Å². The molecular formula is C17H21NO5. The number of hydrogen-bond acceptors (Lipinski definition) is 5. The lowest BCUT2D eigenvalue weighted by atomic mass is 10.2. The van der Waals surface area contributed by atoms with Gasteiger partial charge in [0.1, 0.15) is 0 Å². The highest BCUT2D eigenvalue weighted by Crippen LogP contribution is 2.28. The zero-order valence-electron chi connectivity index (χ0n) is 13.3. The van der Waals surface area contributed by atoms with E-state index in [9.17, 15) is 9.59 Å². The summed E-state index contributed by atoms with van der Waals surface area (Å²) in [6.45, 7) is 1.36. The van der Waals surface area contributed by atoms with Crippen molar-refractivity contribution in [2.24, 2.45) is 0 Å². The van der Waals surface area contributed by atoms with E-state index >= 15 is 0 Å². The standard InChI is InChI=1S/C17H21NO5/c1-3-4-12-5-8-14(15(9-12)21-2)22-11-17(20)23-10-16(19)18-13-6-7-13/h3-5,8-9,13H,6-7,10-11H2,1-2H3,(H,18,19). The molecule has 0 radical (unpaired) electrons. The molecule has 0 bridgehead atoms. The predicted molar refractivity (Wildman–Crippen MR) is 85.3 cm³/mol. The summed E-state index contributed by atoms with van der Waals surface area (Å²) in [5, 5.41) is 2.74. The Morgan fingerprint density at radius 1 is 1.26 bits per heavy atom. The molecule has 0 heterocycles. The average molecular weight is 319 g/mol. The Morgan fingerprint density at radius 2 is 2.04 bits per heavy atom. The minimum Gasteiger partial charge on any atom is -0.493 e. The molecule has 23 heavy (non-hydrogen) atoms. The van der Waals surface area contributed by atoms with Gasteiger partial charge in [-0.15, -0.1) is 0 Å². The Kier molecular flexibility index (Phi) is 6.02. The predicted octanol–water partition coefficient (Wildman–Crippen LogP) is 1.93. The van der Waals surface area contributed by atoms with Crippen LogP contribution in [0.2, 0.25) is 0 Å². The summed E-state index contributed by atoms with van der Waals surface area (Å²) in [7, 11) is 1.53. The van der Waals surface area contributed by atoms with Crippen molar-refractivity contribution in [2.75, 3.05) is 20.3 Å². The van der Waals surface area contributed by atoms with Crippen molar-refractivity contribution in [1.29, 1.82) is 0 Å². The molecule has 1 aliphatic carbocycles. The van der Waals surface area contributed by atoms with E-state index in [0.29, 0.717) is 11.5 Å². The van der Waals surface area contributed by atoms with Gasteiger partial charge in [0.05, 0.1) is 7.11 Å². The van der Waals surface area contributed by atoms with Crippen LogP contribution in [0.1, 0.15) is 25.3 Å². The summed E-state index contributed by atoms with van der Waals surface area (Å²) in [6, 6.07) is 5.63. The third-order valence-electron chi connectivity index (χ3n) is 3.20. The van der Waals surface area contributed by atoms with Gasteiger partial charge in [0.25, 0.3) is 5.91 Å². The fourth-order valence-corrected chi connectivity index (χ4v) is 1.92. The summed E-state index contributed by atoms with van der Waals surface area (Å²) in [4.78, 5) is 23.0. The number of methoxy groups -OCH3 is 1. The number of benzene rings is 1. The molecule has 6 nitrogen and oxygen atoms in total. The molecule has 0 unspecified atom stereocenters. The van der Waals surface area contributed by atoms with Crippen molar-refractivity contribution < 1.29 is 23.8 Å². The molecule has 0 saturated heterocycles. The van der Waals surface area contributed by atoms with Gasteiger partial charge in [0.15, 0.2) is 24.7 Å². The highest BCUT2D eigenvalue weighted by molar-refractivity contribution is 5.81. The molecular weight excluding hydrogens is 298 g/mol. The number of carbonyl (C=O) groups excluding carboxylic acids is 2. The van der Waals surface area contributed by atoms with Gasteiger partial charge >= 0.3 is 5.97 Å². The Balaban J connectivity index is 1.79. The van der Waals surface area contributed by atoms with E-state index in [1.165, 1.54) is 7.11 Å². The van der Waals surface area contributed by atoms with Crippen molar-refractivity contribution in [3.63, 3.8) is 0 Å². The maximum atomic E-state index is 11.6. The Bertz CT molecular complexity index is 593. The summed E-state index contributed by atoms with van der Waals surface area (Å²) in [5.74, 6) is 0.0877. The maximum absolute atomic E-state index is 11.6. The first kappa shape index (κ1) is 16.9. The number of esters is 1. The van der Waals surface area contributed by atoms with Crippen LogP contribution < -0.4 is 14.8 Å². The van der Waals surface area contributed by atoms with E-state index in [0.717, 1.165) is 18.4 Å². The van der Waals surface area contributed by atoms with Crippen molar-refractivity contribution in [1.82, 2.24) is 5.32 Å². The van der Waals surface area contributed by atoms with Crippen LogP contribution in [-0.2, 0) is 14.3 Å². The average Bonchev–Trinajstić information content (AvgIpc) is 3.35. The second kappa shape index (κ2) is 8.22. The SMILES string of the molecule is CC=Cc1ccc(OCC(=O)OCC(=O)NC2CC2)c(OC)c1. The van der Waals surface area contributed by atoms with E-state index in [2.05, 4.69) is 5.32 Å². The number of allylic oxidation sites excluding steroid dienone is 1. The highest BCUT2D eigenvalue weighted by Gasteiger charge is 2.23. The number of rotatable bonds is 8. The van der Waals surface area contributed by atoms with Crippen LogP contribution in [-0.4, -0.2) is 38.2 Å². The van der Waals surface area contributed by atoms with Gasteiger partial charge in [-0.25, -0.2) is 4.79 Å². The van der Waals surface area contributed by atoms with Gasteiger partial charge in [-0.2, -0.15) is 0 Å². The summed E-state index contributed by atoms with van der Waals surface area (Å²) in [6.07, 6.45) is 5.83. The minimum absolute atomic E-state index is 0.248. The Hall–Kier alpha value is -2.50. The number of carbonyl (C=O) groups is 2. The molecule has 1 aliphatic rings.